The Morgan fingerprint density at radius 1 is 0.571 bits per heavy atom. The molecule has 0 unspecified atom stereocenters. The van der Waals surface area contributed by atoms with Crippen molar-refractivity contribution in [2.45, 2.75) is 0 Å². The average molecular weight is 276 g/mol. The van der Waals surface area contributed by atoms with Gasteiger partial charge in [0.2, 0.25) is 0 Å². The minimum atomic E-state index is -0.274. The lowest BCUT2D eigenvalue weighted by Crippen LogP contribution is -1.75. The van der Waals surface area contributed by atoms with Gasteiger partial charge in [-0.25, -0.2) is 4.39 Å². The van der Waals surface area contributed by atoms with Gasteiger partial charge in [0.15, 0.2) is 0 Å². The molecule has 0 radical (unpaired) electrons. The van der Waals surface area contributed by atoms with Gasteiger partial charge in [-0.2, -0.15) is 0 Å². The molecule has 0 atom stereocenters. The van der Waals surface area contributed by atoms with E-state index in [1.54, 1.807) is 12.1 Å². The highest BCUT2D eigenvalue weighted by molar-refractivity contribution is 6.25. The van der Waals surface area contributed by atoms with E-state index in [0.29, 0.717) is 16.6 Å². The summed E-state index contributed by atoms with van der Waals surface area (Å²) in [5.74, 6) is -0.274. The third-order valence-electron chi connectivity index (χ3n) is 3.95. The van der Waals surface area contributed by atoms with Gasteiger partial charge in [0.1, 0.15) is 28.1 Å². The van der Waals surface area contributed by atoms with Crippen molar-refractivity contribution in [3.8, 4) is 0 Å². The van der Waals surface area contributed by atoms with Crippen molar-refractivity contribution in [2.24, 2.45) is 0 Å². The summed E-state index contributed by atoms with van der Waals surface area (Å²) in [7, 11) is 0. The first kappa shape index (κ1) is 10.9. The molecule has 0 fully saturated rings. The fourth-order valence-electron chi connectivity index (χ4n) is 3.08. The molecule has 0 saturated carbocycles. The van der Waals surface area contributed by atoms with Crippen LogP contribution in [0.25, 0.3) is 43.9 Å². The molecule has 100 valence electrons. The molecule has 0 bridgehead atoms. The van der Waals surface area contributed by atoms with E-state index in [9.17, 15) is 4.39 Å². The number of rotatable bonds is 0. The zero-order valence-corrected chi connectivity index (χ0v) is 10.9. The highest BCUT2D eigenvalue weighted by atomic mass is 19.1. The number of hydrogen-bond acceptors (Lipinski definition) is 2. The monoisotopic (exact) mass is 276 g/mol. The van der Waals surface area contributed by atoms with Crippen LogP contribution in [-0.4, -0.2) is 0 Å². The van der Waals surface area contributed by atoms with Crippen molar-refractivity contribution < 1.29 is 13.2 Å². The molecule has 0 aliphatic rings. The number of fused-ring (bicyclic) bond motifs is 7. The summed E-state index contributed by atoms with van der Waals surface area (Å²) in [5.41, 5.74) is 2.78. The molecule has 0 spiro atoms. The number of hydrogen-bond donors (Lipinski definition) is 0. The topological polar surface area (TPSA) is 26.3 Å². The fourth-order valence-corrected chi connectivity index (χ4v) is 3.08. The minimum absolute atomic E-state index is 0.274. The summed E-state index contributed by atoms with van der Waals surface area (Å²) in [5, 5.41) is 3.19. The van der Waals surface area contributed by atoms with Crippen LogP contribution in [0.3, 0.4) is 0 Å². The molecule has 0 aliphatic heterocycles. The summed E-state index contributed by atoms with van der Waals surface area (Å²) in [6.07, 6.45) is 0. The van der Waals surface area contributed by atoms with Crippen molar-refractivity contribution in [3.63, 3.8) is 0 Å². The van der Waals surface area contributed by atoms with Crippen molar-refractivity contribution in [2.75, 3.05) is 0 Å². The summed E-state index contributed by atoms with van der Waals surface area (Å²) in [6, 6.07) is 16.4. The van der Waals surface area contributed by atoms with Crippen LogP contribution in [0.2, 0.25) is 0 Å². The van der Waals surface area contributed by atoms with Crippen molar-refractivity contribution >= 4 is 43.9 Å². The van der Waals surface area contributed by atoms with Gasteiger partial charge in [0.05, 0.1) is 5.39 Å². The first-order valence-corrected chi connectivity index (χ1v) is 6.74. The number of para-hydroxylation sites is 1. The van der Waals surface area contributed by atoms with E-state index in [0.717, 1.165) is 27.3 Å². The lowest BCUT2D eigenvalue weighted by atomic mass is 10.1. The SMILES string of the molecule is Fc1cccc2oc3ccc4oc5ccccc5c4c3c12. The summed E-state index contributed by atoms with van der Waals surface area (Å²) in [6.45, 7) is 0. The maximum Gasteiger partial charge on any atom is 0.138 e. The molecule has 5 aromatic rings. The molecule has 3 heteroatoms. The van der Waals surface area contributed by atoms with E-state index in [2.05, 4.69) is 0 Å². The third-order valence-corrected chi connectivity index (χ3v) is 3.95. The van der Waals surface area contributed by atoms with Gasteiger partial charge in [-0.05, 0) is 30.3 Å². The van der Waals surface area contributed by atoms with Crippen LogP contribution in [0.5, 0.6) is 0 Å². The van der Waals surface area contributed by atoms with Crippen molar-refractivity contribution in [1.29, 1.82) is 0 Å². The van der Waals surface area contributed by atoms with E-state index in [1.165, 1.54) is 6.07 Å². The molecule has 2 heterocycles. The molecule has 0 amide bonds. The lowest BCUT2D eigenvalue weighted by Gasteiger charge is -1.94. The Morgan fingerprint density at radius 3 is 2.14 bits per heavy atom. The van der Waals surface area contributed by atoms with Crippen LogP contribution in [0, 0.1) is 5.82 Å². The van der Waals surface area contributed by atoms with Crippen LogP contribution >= 0.6 is 0 Å². The van der Waals surface area contributed by atoms with Crippen LogP contribution in [0.4, 0.5) is 4.39 Å². The summed E-state index contributed by atoms with van der Waals surface area (Å²) in [4.78, 5) is 0. The van der Waals surface area contributed by atoms with Crippen molar-refractivity contribution in [1.82, 2.24) is 0 Å². The highest BCUT2D eigenvalue weighted by Crippen LogP contribution is 2.40. The molecule has 0 N–H and O–H groups in total. The second-order valence-corrected chi connectivity index (χ2v) is 5.13. The van der Waals surface area contributed by atoms with E-state index in [1.807, 2.05) is 36.4 Å². The largest absolute Gasteiger partial charge is 0.456 e. The van der Waals surface area contributed by atoms with E-state index in [4.69, 9.17) is 8.83 Å². The molecule has 0 saturated heterocycles. The predicted octanol–water partition coefficient (Wildman–Crippen LogP) is 5.62. The molecular formula is C18H9FO2. The Balaban J connectivity index is 2.19. The van der Waals surface area contributed by atoms with Gasteiger partial charge in [-0.1, -0.05) is 24.3 Å². The van der Waals surface area contributed by atoms with Gasteiger partial charge >= 0.3 is 0 Å². The Kier molecular flexibility index (Phi) is 1.89. The van der Waals surface area contributed by atoms with E-state index < -0.39 is 0 Å². The third kappa shape index (κ3) is 1.30. The number of furan rings is 2. The normalized spacial score (nSPS) is 12.0. The summed E-state index contributed by atoms with van der Waals surface area (Å²) >= 11 is 0. The maximum atomic E-state index is 14.3. The zero-order chi connectivity index (χ0) is 14.0. The Bertz CT molecular complexity index is 1150. The van der Waals surface area contributed by atoms with E-state index in [-0.39, 0.29) is 5.82 Å². The number of halogens is 1. The highest BCUT2D eigenvalue weighted by Gasteiger charge is 2.17. The molecular weight excluding hydrogens is 267 g/mol. The van der Waals surface area contributed by atoms with Crippen LogP contribution in [0.1, 0.15) is 0 Å². The van der Waals surface area contributed by atoms with Gasteiger partial charge in [-0.3, -0.25) is 0 Å². The van der Waals surface area contributed by atoms with Crippen LogP contribution < -0.4 is 0 Å². The Morgan fingerprint density at radius 2 is 1.24 bits per heavy atom. The Labute approximate surface area is 118 Å². The van der Waals surface area contributed by atoms with Crippen LogP contribution in [0.15, 0.2) is 63.4 Å². The molecule has 21 heavy (non-hydrogen) atoms. The lowest BCUT2D eigenvalue weighted by molar-refractivity contribution is 0.633. The molecule has 3 aromatic carbocycles. The number of benzene rings is 3. The maximum absolute atomic E-state index is 14.3. The summed E-state index contributed by atoms with van der Waals surface area (Å²) < 4.78 is 25.9. The smallest absolute Gasteiger partial charge is 0.138 e. The standard InChI is InChI=1S/C18H9FO2/c19-11-5-3-7-13-17(11)18-15(21-13)9-8-14-16(18)10-4-1-2-6-12(10)20-14/h1-9H. The molecule has 5 rings (SSSR count). The van der Waals surface area contributed by atoms with Gasteiger partial charge in [0.25, 0.3) is 0 Å². The van der Waals surface area contributed by atoms with Crippen molar-refractivity contribution in [3.05, 3.63) is 60.4 Å². The van der Waals surface area contributed by atoms with Gasteiger partial charge in [0, 0.05) is 16.2 Å². The van der Waals surface area contributed by atoms with Gasteiger partial charge in [-0.15, -0.1) is 0 Å². The average Bonchev–Trinajstić information content (AvgIpc) is 3.04. The second-order valence-electron chi connectivity index (χ2n) is 5.13. The zero-order valence-electron chi connectivity index (χ0n) is 10.9. The fraction of sp³-hybridized carbons (Fsp3) is 0. The first-order chi connectivity index (χ1) is 10.3. The van der Waals surface area contributed by atoms with Gasteiger partial charge < -0.3 is 8.83 Å². The minimum Gasteiger partial charge on any atom is -0.456 e. The predicted molar refractivity (Wildman–Crippen MR) is 81.0 cm³/mol. The quantitative estimate of drug-likeness (QED) is 0.366. The Hall–Kier alpha value is -2.81. The first-order valence-electron chi connectivity index (χ1n) is 6.74. The molecule has 2 nitrogen and oxygen atoms in total. The molecule has 2 aromatic heterocycles. The van der Waals surface area contributed by atoms with E-state index >= 15 is 0 Å². The van der Waals surface area contributed by atoms with Crippen LogP contribution in [-0.2, 0) is 0 Å². The molecule has 0 aliphatic carbocycles. The second kappa shape index (κ2) is 3.64.